The topological polar surface area (TPSA) is 235 Å². The summed E-state index contributed by atoms with van der Waals surface area (Å²) >= 11 is 0. The normalized spacial score (nSPS) is 17.1. The number of likely N-dealkylation sites (tertiary alicyclic amines) is 1. The van der Waals surface area contributed by atoms with E-state index in [9.17, 15) is 19.2 Å². The maximum atomic E-state index is 13.0. The zero-order chi connectivity index (χ0) is 24.4. The first kappa shape index (κ1) is 25.6. The number of guanidine groups is 1. The highest BCUT2D eigenvalue weighted by molar-refractivity contribution is 5.94. The highest BCUT2D eigenvalue weighted by Crippen LogP contribution is 2.19. The Morgan fingerprint density at radius 2 is 2.09 bits per heavy atom. The van der Waals surface area contributed by atoms with Gasteiger partial charge in [-0.05, 0) is 25.7 Å². The lowest BCUT2D eigenvalue weighted by molar-refractivity contribution is -0.141. The van der Waals surface area contributed by atoms with Crippen LogP contribution < -0.4 is 27.8 Å². The predicted octanol–water partition coefficient (Wildman–Crippen LogP) is -2.99. The Kier molecular flexibility index (Phi) is 9.60. The first-order valence-corrected chi connectivity index (χ1v) is 10.6. The number of H-pyrrole nitrogens is 1. The third-order valence-electron chi connectivity index (χ3n) is 5.15. The van der Waals surface area contributed by atoms with Gasteiger partial charge in [-0.25, -0.2) is 4.98 Å². The molecule has 2 heterocycles. The van der Waals surface area contributed by atoms with E-state index in [4.69, 9.17) is 22.3 Å². The minimum atomic E-state index is -1.21. The number of hydrogen-bond acceptors (Lipinski definition) is 7. The van der Waals surface area contributed by atoms with Crippen LogP contribution in [0.4, 0.5) is 0 Å². The highest BCUT2D eigenvalue weighted by atomic mass is 16.4. The van der Waals surface area contributed by atoms with E-state index >= 15 is 0 Å². The quantitative estimate of drug-likeness (QED) is 0.0945. The molecular weight excluding hydrogens is 434 g/mol. The van der Waals surface area contributed by atoms with Crippen molar-refractivity contribution in [3.63, 3.8) is 0 Å². The molecule has 1 aromatic rings. The number of rotatable bonds is 12. The molecule has 33 heavy (non-hydrogen) atoms. The summed E-state index contributed by atoms with van der Waals surface area (Å²) in [6, 6.07) is -2.65. The molecule has 0 spiro atoms. The monoisotopic (exact) mass is 465 g/mol. The van der Waals surface area contributed by atoms with E-state index in [1.807, 2.05) is 0 Å². The summed E-state index contributed by atoms with van der Waals surface area (Å²) in [6.07, 6.45) is 4.88. The number of aliphatic imine (C=N–C) groups is 1. The van der Waals surface area contributed by atoms with Crippen molar-refractivity contribution in [1.82, 2.24) is 25.5 Å². The molecule has 182 valence electrons. The largest absolute Gasteiger partial charge is 0.480 e. The number of hydrogen-bond donors (Lipinski definition) is 7. The number of nitrogens with one attached hydrogen (secondary N) is 3. The molecule has 0 aromatic carbocycles. The molecule has 3 unspecified atom stereocenters. The average molecular weight is 466 g/mol. The van der Waals surface area contributed by atoms with Gasteiger partial charge in [-0.2, -0.15) is 0 Å². The van der Waals surface area contributed by atoms with Gasteiger partial charge in [0.2, 0.25) is 17.7 Å². The molecule has 1 aliphatic heterocycles. The van der Waals surface area contributed by atoms with Crippen molar-refractivity contribution in [1.29, 1.82) is 0 Å². The van der Waals surface area contributed by atoms with Crippen LogP contribution in [0, 0.1) is 0 Å². The summed E-state index contributed by atoms with van der Waals surface area (Å²) in [6.45, 7) is 0.125. The fourth-order valence-electron chi connectivity index (χ4n) is 3.54. The van der Waals surface area contributed by atoms with Crippen LogP contribution in [0.2, 0.25) is 0 Å². The van der Waals surface area contributed by atoms with Gasteiger partial charge in [0.15, 0.2) is 5.96 Å². The summed E-state index contributed by atoms with van der Waals surface area (Å²) < 4.78 is 0. The Hall–Kier alpha value is -3.68. The molecule has 10 N–H and O–H groups in total. The van der Waals surface area contributed by atoms with Gasteiger partial charge in [0.1, 0.15) is 18.6 Å². The SMILES string of the molecule is NC(N)=NCCCC(N)C(=O)N1CCCC1C(=O)NC(Cc1cnc[nH]1)C(=O)NCC(=O)O. The summed E-state index contributed by atoms with van der Waals surface area (Å²) in [5.41, 5.74) is 17.1. The van der Waals surface area contributed by atoms with Gasteiger partial charge in [-0.1, -0.05) is 0 Å². The standard InChI is InChI=1S/C19H31N9O5/c20-12(3-1-5-24-19(21)22)18(33)28-6-2-4-14(28)17(32)27-13(7-11-8-23-10-26-11)16(31)25-9-15(29)30/h8,10,12-14H,1-7,9,20H2,(H,23,26)(H,25,31)(H,27,32)(H,29,30)(H4,21,22,24). The third-order valence-corrected chi connectivity index (χ3v) is 5.15. The second-order valence-corrected chi connectivity index (χ2v) is 7.70. The van der Waals surface area contributed by atoms with Crippen LogP contribution >= 0.6 is 0 Å². The number of aromatic nitrogens is 2. The van der Waals surface area contributed by atoms with Crippen LogP contribution in [0.25, 0.3) is 0 Å². The highest BCUT2D eigenvalue weighted by Gasteiger charge is 2.37. The second-order valence-electron chi connectivity index (χ2n) is 7.70. The Balaban J connectivity index is 2.01. The van der Waals surface area contributed by atoms with Crippen LogP contribution in [-0.4, -0.2) is 87.4 Å². The van der Waals surface area contributed by atoms with Crippen molar-refractivity contribution in [2.75, 3.05) is 19.6 Å². The van der Waals surface area contributed by atoms with Crippen LogP contribution in [0.5, 0.6) is 0 Å². The van der Waals surface area contributed by atoms with E-state index in [0.29, 0.717) is 44.5 Å². The van der Waals surface area contributed by atoms with Gasteiger partial charge in [-0.15, -0.1) is 0 Å². The van der Waals surface area contributed by atoms with Crippen molar-refractivity contribution in [2.45, 2.75) is 50.2 Å². The molecule has 0 saturated carbocycles. The van der Waals surface area contributed by atoms with Crippen molar-refractivity contribution < 1.29 is 24.3 Å². The Bertz CT molecular complexity index is 854. The summed E-state index contributed by atoms with van der Waals surface area (Å²) in [4.78, 5) is 61.1. The number of carboxylic acids is 1. The molecule has 0 bridgehead atoms. The zero-order valence-electron chi connectivity index (χ0n) is 18.2. The van der Waals surface area contributed by atoms with Gasteiger partial charge in [0.25, 0.3) is 0 Å². The summed E-state index contributed by atoms with van der Waals surface area (Å²) in [5.74, 6) is -2.78. The number of nitrogens with two attached hydrogens (primary N) is 3. The molecule has 0 radical (unpaired) electrons. The average Bonchev–Trinajstić information content (AvgIpc) is 3.45. The predicted molar refractivity (Wildman–Crippen MR) is 117 cm³/mol. The van der Waals surface area contributed by atoms with E-state index in [1.54, 1.807) is 0 Å². The van der Waals surface area contributed by atoms with Crippen molar-refractivity contribution in [2.24, 2.45) is 22.2 Å². The second kappa shape index (κ2) is 12.4. The lowest BCUT2D eigenvalue weighted by Crippen LogP contribution is -2.56. The van der Waals surface area contributed by atoms with Gasteiger partial charge >= 0.3 is 5.97 Å². The number of amides is 3. The molecule has 14 nitrogen and oxygen atoms in total. The molecule has 1 saturated heterocycles. The molecule has 3 amide bonds. The number of carbonyl (C=O) groups excluding carboxylic acids is 3. The van der Waals surface area contributed by atoms with Gasteiger partial charge in [0.05, 0.1) is 12.4 Å². The lowest BCUT2D eigenvalue weighted by atomic mass is 10.1. The van der Waals surface area contributed by atoms with Gasteiger partial charge in [-0.3, -0.25) is 24.2 Å². The Morgan fingerprint density at radius 3 is 2.73 bits per heavy atom. The maximum absolute atomic E-state index is 13.0. The van der Waals surface area contributed by atoms with E-state index in [0.717, 1.165) is 0 Å². The molecule has 1 aliphatic rings. The zero-order valence-corrected chi connectivity index (χ0v) is 18.2. The smallest absolute Gasteiger partial charge is 0.322 e. The molecule has 14 heteroatoms. The van der Waals surface area contributed by atoms with E-state index in [2.05, 4.69) is 25.6 Å². The van der Waals surface area contributed by atoms with Gasteiger partial charge < -0.3 is 42.8 Å². The van der Waals surface area contributed by atoms with Crippen LogP contribution in [0.3, 0.4) is 0 Å². The minimum absolute atomic E-state index is 0.0387. The Morgan fingerprint density at radius 1 is 1.33 bits per heavy atom. The first-order chi connectivity index (χ1) is 15.7. The number of nitrogens with zero attached hydrogens (tertiary/aromatic N) is 3. The Labute approximate surface area is 190 Å². The maximum Gasteiger partial charge on any atom is 0.322 e. The van der Waals surface area contributed by atoms with Crippen LogP contribution in [0.1, 0.15) is 31.4 Å². The molecule has 2 rings (SSSR count). The van der Waals surface area contributed by atoms with E-state index in [-0.39, 0.29) is 18.3 Å². The van der Waals surface area contributed by atoms with E-state index < -0.39 is 42.5 Å². The van der Waals surface area contributed by atoms with Crippen molar-refractivity contribution >= 4 is 29.7 Å². The summed E-state index contributed by atoms with van der Waals surface area (Å²) in [7, 11) is 0. The van der Waals surface area contributed by atoms with Gasteiger partial charge in [0, 0.05) is 31.4 Å². The summed E-state index contributed by atoms with van der Waals surface area (Å²) in [5, 5.41) is 13.7. The van der Waals surface area contributed by atoms with Crippen molar-refractivity contribution in [3.8, 4) is 0 Å². The van der Waals surface area contributed by atoms with Crippen LogP contribution in [0.15, 0.2) is 17.5 Å². The van der Waals surface area contributed by atoms with Crippen LogP contribution in [-0.2, 0) is 25.6 Å². The number of carbonyl (C=O) groups is 4. The third kappa shape index (κ3) is 8.07. The number of aromatic amines is 1. The fourth-order valence-corrected chi connectivity index (χ4v) is 3.54. The molecule has 3 atom stereocenters. The molecular formula is C19H31N9O5. The fraction of sp³-hybridized carbons (Fsp3) is 0.579. The van der Waals surface area contributed by atoms with Crippen molar-refractivity contribution in [3.05, 3.63) is 18.2 Å². The number of carboxylic acid groups (broad SMARTS) is 1. The lowest BCUT2D eigenvalue weighted by Gasteiger charge is -2.28. The number of imidazole rings is 1. The van der Waals surface area contributed by atoms with E-state index in [1.165, 1.54) is 17.4 Å². The number of aliphatic carboxylic acids is 1. The molecule has 1 aromatic heterocycles. The minimum Gasteiger partial charge on any atom is -0.480 e. The molecule has 1 fully saturated rings. The first-order valence-electron chi connectivity index (χ1n) is 10.6. The molecule has 0 aliphatic carbocycles.